The first-order chi connectivity index (χ1) is 11.2. The van der Waals surface area contributed by atoms with Crippen molar-refractivity contribution in [2.24, 2.45) is 0 Å². The summed E-state index contributed by atoms with van der Waals surface area (Å²) in [6, 6.07) is 0. The molecule has 0 saturated heterocycles. The molecule has 0 saturated carbocycles. The third kappa shape index (κ3) is 16.1. The molecule has 0 spiro atoms. The summed E-state index contributed by atoms with van der Waals surface area (Å²) >= 11 is 0. The predicted molar refractivity (Wildman–Crippen MR) is 113 cm³/mol. The molecule has 1 unspecified atom stereocenters. The summed E-state index contributed by atoms with van der Waals surface area (Å²) < 4.78 is 23.7. The van der Waals surface area contributed by atoms with E-state index in [9.17, 15) is 5.11 Å². The fourth-order valence-corrected chi connectivity index (χ4v) is 9.54. The van der Waals surface area contributed by atoms with Gasteiger partial charge in [0, 0.05) is 6.61 Å². The maximum atomic E-state index is 9.82. The molecule has 150 valence electrons. The molecule has 0 rings (SSSR count). The van der Waals surface area contributed by atoms with E-state index in [0.717, 1.165) is 28.7 Å². The van der Waals surface area contributed by atoms with Gasteiger partial charge in [-0.1, -0.05) is 12.2 Å². The zero-order chi connectivity index (χ0) is 19.7. The van der Waals surface area contributed by atoms with Crippen LogP contribution >= 0.6 is 0 Å². The van der Waals surface area contributed by atoms with Crippen molar-refractivity contribution < 1.29 is 23.4 Å². The van der Waals surface area contributed by atoms with E-state index in [1.54, 1.807) is 0 Å². The lowest BCUT2D eigenvalue weighted by atomic mass is 10.3. The van der Waals surface area contributed by atoms with Gasteiger partial charge in [0.2, 0.25) is 0 Å². The molecule has 5 nitrogen and oxygen atoms in total. The normalized spacial score (nSPS) is 14.7. The molecule has 0 aliphatic heterocycles. The Labute approximate surface area is 159 Å². The van der Waals surface area contributed by atoms with E-state index in [-0.39, 0.29) is 13.2 Å². The van der Waals surface area contributed by atoms with Crippen molar-refractivity contribution in [3.8, 4) is 0 Å². The second-order valence-electron chi connectivity index (χ2n) is 8.87. The Balaban J connectivity index is 4.19. The maximum Gasteiger partial charge on any atom is 0.187 e. The lowest BCUT2D eigenvalue weighted by Gasteiger charge is -2.41. The molecule has 0 radical (unpaired) electrons. The zero-order valence-electron chi connectivity index (χ0n) is 17.6. The van der Waals surface area contributed by atoms with Crippen LogP contribution in [0, 0.1) is 0 Å². The highest BCUT2D eigenvalue weighted by molar-refractivity contribution is 6.71. The van der Waals surface area contributed by atoms with Gasteiger partial charge in [0.25, 0.3) is 0 Å². The second kappa shape index (κ2) is 11.1. The summed E-state index contributed by atoms with van der Waals surface area (Å²) in [5, 5.41) is 9.82. The zero-order valence-corrected chi connectivity index (χ0v) is 21.6. The quantitative estimate of drug-likeness (QED) is 0.207. The standard InChI is InChI=1S/C17H40O5Si3/c1-15(2)12-20-14-16(18)13-19-11-9-10-17(23,21-24(3,4)5)22-25(6,7)8/h16,18H,1,9-14H2,2-8,23H3. The first kappa shape index (κ1) is 25.2. The second-order valence-corrected chi connectivity index (χ2v) is 19.2. The Kier molecular flexibility index (Phi) is 11.2. The summed E-state index contributed by atoms with van der Waals surface area (Å²) in [6.07, 6.45) is 1.10. The lowest BCUT2D eigenvalue weighted by molar-refractivity contribution is -0.0663. The highest BCUT2D eigenvalue weighted by atomic mass is 28.4. The van der Waals surface area contributed by atoms with Crippen LogP contribution in [-0.4, -0.2) is 69.9 Å². The largest absolute Gasteiger partial charge is 0.395 e. The van der Waals surface area contributed by atoms with Gasteiger partial charge in [-0.3, -0.25) is 0 Å². The molecule has 0 bridgehead atoms. The summed E-state index contributed by atoms with van der Waals surface area (Å²) in [5.74, 6) is 0. The Bertz CT molecular complexity index is 375. The van der Waals surface area contributed by atoms with Crippen LogP contribution in [0.5, 0.6) is 0 Å². The van der Waals surface area contributed by atoms with Crippen LogP contribution in [0.2, 0.25) is 39.3 Å². The highest BCUT2D eigenvalue weighted by Crippen LogP contribution is 2.26. The van der Waals surface area contributed by atoms with Gasteiger partial charge in [-0.25, -0.2) is 0 Å². The van der Waals surface area contributed by atoms with Crippen LogP contribution in [-0.2, 0) is 18.3 Å². The van der Waals surface area contributed by atoms with Gasteiger partial charge in [-0.2, -0.15) is 0 Å². The minimum Gasteiger partial charge on any atom is -0.395 e. The number of hydrogen-bond donors (Lipinski definition) is 1. The summed E-state index contributed by atoms with van der Waals surface area (Å²) in [6.45, 7) is 20.5. The third-order valence-electron chi connectivity index (χ3n) is 2.93. The van der Waals surface area contributed by atoms with Crippen molar-refractivity contribution in [1.29, 1.82) is 0 Å². The predicted octanol–water partition coefficient (Wildman–Crippen LogP) is 2.46. The molecular weight excluding hydrogens is 368 g/mol. The molecular formula is C17H40O5Si3. The molecule has 1 N–H and O–H groups in total. The molecule has 0 aliphatic rings. The number of hydrogen-bond acceptors (Lipinski definition) is 5. The van der Waals surface area contributed by atoms with Crippen molar-refractivity contribution in [1.82, 2.24) is 0 Å². The Hall–Kier alpha value is 0.191. The topological polar surface area (TPSA) is 57.2 Å². The minimum atomic E-state index is -1.68. The van der Waals surface area contributed by atoms with Crippen molar-refractivity contribution in [3.63, 3.8) is 0 Å². The Morgan fingerprint density at radius 1 is 1.04 bits per heavy atom. The van der Waals surface area contributed by atoms with Crippen LogP contribution in [0.15, 0.2) is 12.2 Å². The smallest absolute Gasteiger partial charge is 0.187 e. The van der Waals surface area contributed by atoms with E-state index in [4.69, 9.17) is 18.3 Å². The van der Waals surface area contributed by atoms with E-state index in [0.29, 0.717) is 13.2 Å². The van der Waals surface area contributed by atoms with E-state index in [1.165, 1.54) is 0 Å². The molecule has 0 aliphatic carbocycles. The van der Waals surface area contributed by atoms with Gasteiger partial charge in [-0.15, -0.1) is 0 Å². The van der Waals surface area contributed by atoms with Crippen LogP contribution in [0.1, 0.15) is 19.8 Å². The van der Waals surface area contributed by atoms with Crippen molar-refractivity contribution in [2.45, 2.75) is 70.6 Å². The van der Waals surface area contributed by atoms with Crippen LogP contribution in [0.25, 0.3) is 0 Å². The molecule has 8 heteroatoms. The SMILES string of the molecule is C=C(C)COCC(O)COCCCC([SiH3])(O[Si](C)(C)C)O[Si](C)(C)C. The van der Waals surface area contributed by atoms with Gasteiger partial charge in [0.1, 0.15) is 11.5 Å². The molecule has 0 fully saturated rings. The van der Waals surface area contributed by atoms with Gasteiger partial charge < -0.3 is 23.4 Å². The average Bonchev–Trinajstić information content (AvgIpc) is 2.32. The maximum absolute atomic E-state index is 9.82. The van der Waals surface area contributed by atoms with Crippen LogP contribution in [0.3, 0.4) is 0 Å². The molecule has 0 aromatic carbocycles. The molecule has 0 heterocycles. The molecule has 25 heavy (non-hydrogen) atoms. The molecule has 0 aromatic heterocycles. The van der Waals surface area contributed by atoms with Gasteiger partial charge >= 0.3 is 0 Å². The fraction of sp³-hybridized carbons (Fsp3) is 0.882. The van der Waals surface area contributed by atoms with E-state index in [1.807, 2.05) is 6.92 Å². The van der Waals surface area contributed by atoms with E-state index < -0.39 is 28.1 Å². The number of ether oxygens (including phenoxy) is 2. The van der Waals surface area contributed by atoms with Gasteiger partial charge in [0.15, 0.2) is 16.6 Å². The van der Waals surface area contributed by atoms with E-state index in [2.05, 4.69) is 45.9 Å². The Morgan fingerprint density at radius 3 is 1.96 bits per heavy atom. The number of aliphatic hydroxyl groups is 1. The van der Waals surface area contributed by atoms with Crippen molar-refractivity contribution in [3.05, 3.63) is 12.2 Å². The van der Waals surface area contributed by atoms with Gasteiger partial charge in [0.05, 0.1) is 30.1 Å². The van der Waals surface area contributed by atoms with Gasteiger partial charge in [-0.05, 0) is 59.0 Å². The summed E-state index contributed by atoms with van der Waals surface area (Å²) in [4.78, 5) is 0. The first-order valence-electron chi connectivity index (χ1n) is 9.11. The number of aliphatic hydroxyl groups excluding tert-OH is 1. The highest BCUT2D eigenvalue weighted by Gasteiger charge is 2.35. The van der Waals surface area contributed by atoms with Crippen molar-refractivity contribution in [2.75, 3.05) is 26.4 Å². The fourth-order valence-electron chi connectivity index (χ4n) is 2.55. The summed E-state index contributed by atoms with van der Waals surface area (Å²) in [7, 11) is -2.51. The number of rotatable bonds is 14. The monoisotopic (exact) mass is 408 g/mol. The first-order valence-corrected chi connectivity index (χ1v) is 16.9. The third-order valence-corrected chi connectivity index (χ3v) is 6.75. The molecule has 0 aromatic rings. The van der Waals surface area contributed by atoms with Crippen LogP contribution < -0.4 is 0 Å². The summed E-state index contributed by atoms with van der Waals surface area (Å²) in [5.41, 5.74) is 0.531. The molecule has 1 atom stereocenters. The Morgan fingerprint density at radius 2 is 1.52 bits per heavy atom. The minimum absolute atomic E-state index is 0.273. The lowest BCUT2D eigenvalue weighted by Crippen LogP contribution is -2.50. The van der Waals surface area contributed by atoms with Crippen molar-refractivity contribution >= 4 is 26.9 Å². The molecule has 0 amide bonds. The average molecular weight is 409 g/mol. The van der Waals surface area contributed by atoms with E-state index >= 15 is 0 Å². The van der Waals surface area contributed by atoms with Crippen LogP contribution in [0.4, 0.5) is 0 Å².